The Bertz CT molecular complexity index is 1750. The van der Waals surface area contributed by atoms with Gasteiger partial charge in [0.05, 0.1) is 0 Å². The number of unbranched alkanes of at least 4 members (excludes halogenated alkanes) is 29. The molecule has 0 amide bonds. The summed E-state index contributed by atoms with van der Waals surface area (Å²) in [6.45, 7) is 6.49. The van der Waals surface area contributed by atoms with E-state index in [-0.39, 0.29) is 31.1 Å². The molecule has 0 fully saturated rings. The molecule has 83 heavy (non-hydrogen) atoms. The van der Waals surface area contributed by atoms with Gasteiger partial charge in [0, 0.05) is 19.3 Å². The van der Waals surface area contributed by atoms with E-state index in [0.29, 0.717) is 19.3 Å². The van der Waals surface area contributed by atoms with Crippen LogP contribution in [0.4, 0.5) is 0 Å². The van der Waals surface area contributed by atoms with Crippen LogP contribution in [0.2, 0.25) is 0 Å². The second-order valence-corrected chi connectivity index (χ2v) is 22.7. The summed E-state index contributed by atoms with van der Waals surface area (Å²) in [4.78, 5) is 38.4. The summed E-state index contributed by atoms with van der Waals surface area (Å²) < 4.78 is 16.9. The van der Waals surface area contributed by atoms with E-state index in [1.807, 2.05) is 0 Å². The minimum Gasteiger partial charge on any atom is -0.462 e. The summed E-state index contributed by atoms with van der Waals surface area (Å²) in [5.74, 6) is -0.902. The molecule has 0 aliphatic carbocycles. The minimum atomic E-state index is -0.792. The van der Waals surface area contributed by atoms with E-state index in [0.717, 1.165) is 128 Å². The Morgan fingerprint density at radius 3 is 0.771 bits per heavy atom. The highest BCUT2D eigenvalue weighted by molar-refractivity contribution is 5.71. The van der Waals surface area contributed by atoms with Crippen molar-refractivity contribution in [3.8, 4) is 0 Å². The van der Waals surface area contributed by atoms with E-state index in [1.54, 1.807) is 0 Å². The van der Waals surface area contributed by atoms with Crippen LogP contribution >= 0.6 is 0 Å². The Hall–Kier alpha value is -4.45. The SMILES string of the molecule is CC/C=C\C/C=C\C/C=C\C/C=C\C/C=C\C/C=C\C/C=C\C/C=C\CCCCCCCCCCC(=O)OCC(COC(=O)CCCCCCC/C=C\CCCCCC)OC(=O)CCCCCCCCCCC/C=C\C/C=C\CCCCC. The second kappa shape index (κ2) is 70.0. The van der Waals surface area contributed by atoms with Gasteiger partial charge in [-0.15, -0.1) is 0 Å². The van der Waals surface area contributed by atoms with Gasteiger partial charge in [-0.05, 0) is 141 Å². The van der Waals surface area contributed by atoms with Crippen molar-refractivity contribution < 1.29 is 28.6 Å². The monoisotopic (exact) mass is 1150 g/mol. The number of hydrogen-bond acceptors (Lipinski definition) is 6. The molecule has 0 aliphatic rings. The Kier molecular flexibility index (Phi) is 66.3. The van der Waals surface area contributed by atoms with Crippen molar-refractivity contribution in [2.24, 2.45) is 0 Å². The van der Waals surface area contributed by atoms with Gasteiger partial charge in [-0.1, -0.05) is 289 Å². The summed E-state index contributed by atoms with van der Waals surface area (Å²) in [6, 6.07) is 0. The summed E-state index contributed by atoms with van der Waals surface area (Å²) in [6.07, 6.45) is 98.9. The molecule has 0 heterocycles. The summed E-state index contributed by atoms with van der Waals surface area (Å²) >= 11 is 0. The van der Waals surface area contributed by atoms with Gasteiger partial charge in [0.1, 0.15) is 13.2 Å². The smallest absolute Gasteiger partial charge is 0.306 e. The third kappa shape index (κ3) is 68.2. The van der Waals surface area contributed by atoms with Gasteiger partial charge in [0.2, 0.25) is 0 Å². The van der Waals surface area contributed by atoms with Gasteiger partial charge in [-0.25, -0.2) is 0 Å². The number of allylic oxidation sites excluding steroid dienone is 22. The van der Waals surface area contributed by atoms with Crippen LogP contribution in [0.5, 0.6) is 0 Å². The van der Waals surface area contributed by atoms with Crippen molar-refractivity contribution >= 4 is 17.9 Å². The number of carbonyl (C=O) groups excluding carboxylic acids is 3. The van der Waals surface area contributed by atoms with Crippen molar-refractivity contribution in [3.63, 3.8) is 0 Å². The fourth-order valence-electron chi connectivity index (χ4n) is 9.43. The van der Waals surface area contributed by atoms with Crippen molar-refractivity contribution in [1.29, 1.82) is 0 Å². The molecule has 0 saturated carbocycles. The van der Waals surface area contributed by atoms with Gasteiger partial charge in [-0.2, -0.15) is 0 Å². The predicted molar refractivity (Wildman–Crippen MR) is 362 cm³/mol. The lowest BCUT2D eigenvalue weighted by Gasteiger charge is -2.18. The first-order chi connectivity index (χ1) is 41.0. The van der Waals surface area contributed by atoms with Crippen LogP contribution in [-0.2, 0) is 28.6 Å². The number of carbonyl (C=O) groups is 3. The molecule has 0 rings (SSSR count). The lowest BCUT2D eigenvalue weighted by molar-refractivity contribution is -0.167. The molecule has 0 radical (unpaired) electrons. The van der Waals surface area contributed by atoms with Crippen LogP contribution < -0.4 is 0 Å². The maximum Gasteiger partial charge on any atom is 0.306 e. The maximum absolute atomic E-state index is 12.9. The Morgan fingerprint density at radius 2 is 0.470 bits per heavy atom. The fraction of sp³-hybridized carbons (Fsp3) is 0.675. The molecule has 0 aromatic heterocycles. The van der Waals surface area contributed by atoms with E-state index in [1.165, 1.54) is 148 Å². The van der Waals surface area contributed by atoms with Crippen LogP contribution in [0, 0.1) is 0 Å². The van der Waals surface area contributed by atoms with E-state index >= 15 is 0 Å². The first kappa shape index (κ1) is 78.5. The molecule has 0 spiro atoms. The van der Waals surface area contributed by atoms with E-state index in [4.69, 9.17) is 14.2 Å². The third-order valence-corrected chi connectivity index (χ3v) is 14.6. The molecule has 0 bridgehead atoms. The van der Waals surface area contributed by atoms with E-state index < -0.39 is 6.10 Å². The fourth-order valence-corrected chi connectivity index (χ4v) is 9.43. The molecule has 6 nitrogen and oxygen atoms in total. The highest BCUT2D eigenvalue weighted by Gasteiger charge is 2.19. The third-order valence-electron chi connectivity index (χ3n) is 14.6. The molecular weight excluding hydrogens is 1020 g/mol. The first-order valence-electron chi connectivity index (χ1n) is 34.7. The van der Waals surface area contributed by atoms with Crippen LogP contribution in [0.1, 0.15) is 316 Å². The largest absolute Gasteiger partial charge is 0.462 e. The van der Waals surface area contributed by atoms with Crippen molar-refractivity contribution in [2.45, 2.75) is 322 Å². The van der Waals surface area contributed by atoms with Crippen LogP contribution in [-0.4, -0.2) is 37.2 Å². The zero-order chi connectivity index (χ0) is 59.9. The zero-order valence-electron chi connectivity index (χ0n) is 54.2. The number of hydrogen-bond donors (Lipinski definition) is 0. The molecular formula is C77H128O6. The summed E-state index contributed by atoms with van der Waals surface area (Å²) in [7, 11) is 0. The average Bonchev–Trinajstić information content (AvgIpc) is 3.49. The van der Waals surface area contributed by atoms with E-state index in [2.05, 4.69) is 154 Å². The molecule has 6 heteroatoms. The molecule has 472 valence electrons. The minimum absolute atomic E-state index is 0.0879. The molecule has 0 aromatic carbocycles. The highest BCUT2D eigenvalue weighted by atomic mass is 16.6. The summed E-state index contributed by atoms with van der Waals surface area (Å²) in [5, 5.41) is 0. The van der Waals surface area contributed by atoms with Crippen molar-refractivity contribution in [2.75, 3.05) is 13.2 Å². The van der Waals surface area contributed by atoms with Crippen LogP contribution in [0.3, 0.4) is 0 Å². The molecule has 0 N–H and O–H groups in total. The van der Waals surface area contributed by atoms with E-state index in [9.17, 15) is 14.4 Å². The lowest BCUT2D eigenvalue weighted by atomic mass is 10.1. The molecule has 1 unspecified atom stereocenters. The quantitative estimate of drug-likeness (QED) is 0.0261. The van der Waals surface area contributed by atoms with Gasteiger partial charge < -0.3 is 14.2 Å². The maximum atomic E-state index is 12.9. The second-order valence-electron chi connectivity index (χ2n) is 22.7. The normalized spacial score (nSPS) is 13.0. The number of esters is 3. The van der Waals surface area contributed by atoms with Gasteiger partial charge in [-0.3, -0.25) is 14.4 Å². The van der Waals surface area contributed by atoms with Crippen molar-refractivity contribution in [3.05, 3.63) is 134 Å². The first-order valence-corrected chi connectivity index (χ1v) is 34.7. The Morgan fingerprint density at radius 1 is 0.253 bits per heavy atom. The summed E-state index contributed by atoms with van der Waals surface area (Å²) in [5.41, 5.74) is 0. The van der Waals surface area contributed by atoms with Gasteiger partial charge >= 0.3 is 17.9 Å². The van der Waals surface area contributed by atoms with Crippen LogP contribution in [0.15, 0.2) is 134 Å². The Labute approximate surface area is 513 Å². The van der Waals surface area contributed by atoms with Gasteiger partial charge in [0.25, 0.3) is 0 Å². The lowest BCUT2D eigenvalue weighted by Crippen LogP contribution is -2.30. The molecule has 0 aromatic rings. The van der Waals surface area contributed by atoms with Gasteiger partial charge in [0.15, 0.2) is 6.10 Å². The average molecular weight is 1150 g/mol. The molecule has 0 aliphatic heterocycles. The number of ether oxygens (including phenoxy) is 3. The standard InChI is InChI=1S/C77H128O6/c1-4-7-10-13-16-19-22-25-27-29-31-32-33-34-35-36-37-38-39-40-41-42-43-44-46-47-49-52-55-58-61-64-67-70-76(79)82-73-74(72-81-75(78)69-66-63-60-57-54-51-24-21-18-15-12-9-6-3)83-77(80)71-68-65-62-59-56-53-50-48-45-30-28-26-23-20-17-14-11-8-5-2/h7,10,16-17,19-21,24-28,31-32,34-35,37-38,40-41,43-44,74H,4-6,8-9,11-15,18,22-23,29-30,33,36,39,42,45-73H2,1-3H3/b10-7-,19-16-,20-17-,24-21-,27-25-,28-26-,32-31-,35-34-,38-37-,41-40-,44-43-. The van der Waals surface area contributed by atoms with Crippen LogP contribution in [0.25, 0.3) is 0 Å². The molecule has 0 saturated heterocycles. The highest BCUT2D eigenvalue weighted by Crippen LogP contribution is 2.16. The number of rotatable bonds is 62. The Balaban J connectivity index is 4.30. The van der Waals surface area contributed by atoms with Crippen molar-refractivity contribution in [1.82, 2.24) is 0 Å². The topological polar surface area (TPSA) is 78.9 Å². The molecule has 1 atom stereocenters. The zero-order valence-corrected chi connectivity index (χ0v) is 54.2. The predicted octanol–water partition coefficient (Wildman–Crippen LogP) is 24.1.